The summed E-state index contributed by atoms with van der Waals surface area (Å²) < 4.78 is 0. The van der Waals surface area contributed by atoms with Crippen LogP contribution in [0.25, 0.3) is 0 Å². The lowest BCUT2D eigenvalue weighted by Crippen LogP contribution is -2.20. The number of hydrogen-bond acceptors (Lipinski definition) is 4. The maximum atomic E-state index is 10.9. The molecule has 0 bridgehead atoms. The van der Waals surface area contributed by atoms with Crippen molar-refractivity contribution in [3.63, 3.8) is 0 Å². The highest BCUT2D eigenvalue weighted by Gasteiger charge is 2.19. The van der Waals surface area contributed by atoms with Gasteiger partial charge in [-0.05, 0) is 44.9 Å². The number of anilines is 1. The number of aryl methyl sites for hydroxylation is 1. The molecule has 18 heavy (non-hydrogen) atoms. The number of hydrogen-bond donors (Lipinski definition) is 3. The topological polar surface area (TPSA) is 74.2 Å². The summed E-state index contributed by atoms with van der Waals surface area (Å²) in [4.78, 5) is 15.2. The first kappa shape index (κ1) is 12.8. The number of nitrogens with zero attached hydrogens (tertiary/aromatic N) is 1. The SMILES string of the molecule is Cc1cc(C(=O)O)cc(NCCCNC2CC2)n1. The number of pyridine rings is 1. The third-order valence-electron chi connectivity index (χ3n) is 2.87. The van der Waals surface area contributed by atoms with E-state index in [1.54, 1.807) is 19.1 Å². The number of nitrogens with one attached hydrogen (secondary N) is 2. The zero-order valence-electron chi connectivity index (χ0n) is 10.6. The van der Waals surface area contributed by atoms with Crippen LogP contribution in [0.3, 0.4) is 0 Å². The van der Waals surface area contributed by atoms with E-state index in [1.807, 2.05) is 0 Å². The van der Waals surface area contributed by atoms with E-state index in [0.29, 0.717) is 11.5 Å². The van der Waals surface area contributed by atoms with Gasteiger partial charge < -0.3 is 15.7 Å². The predicted molar refractivity (Wildman–Crippen MR) is 70.1 cm³/mol. The fourth-order valence-electron chi connectivity index (χ4n) is 1.78. The average molecular weight is 249 g/mol. The Morgan fingerprint density at radius 2 is 2.22 bits per heavy atom. The van der Waals surface area contributed by atoms with Gasteiger partial charge in [0.25, 0.3) is 0 Å². The smallest absolute Gasteiger partial charge is 0.335 e. The summed E-state index contributed by atoms with van der Waals surface area (Å²) in [5.41, 5.74) is 0.995. The van der Waals surface area contributed by atoms with Crippen LogP contribution in [0, 0.1) is 6.92 Å². The van der Waals surface area contributed by atoms with Crippen molar-refractivity contribution in [3.8, 4) is 0 Å². The first-order chi connectivity index (χ1) is 8.65. The van der Waals surface area contributed by atoms with Gasteiger partial charge in [-0.15, -0.1) is 0 Å². The van der Waals surface area contributed by atoms with Gasteiger partial charge in [-0.2, -0.15) is 0 Å². The van der Waals surface area contributed by atoms with Crippen LogP contribution in [0.4, 0.5) is 5.82 Å². The molecule has 1 fully saturated rings. The highest BCUT2D eigenvalue weighted by atomic mass is 16.4. The van der Waals surface area contributed by atoms with Crippen molar-refractivity contribution in [3.05, 3.63) is 23.4 Å². The van der Waals surface area contributed by atoms with Crippen molar-refractivity contribution in [2.75, 3.05) is 18.4 Å². The lowest BCUT2D eigenvalue weighted by molar-refractivity contribution is 0.0696. The maximum absolute atomic E-state index is 10.9. The largest absolute Gasteiger partial charge is 0.478 e. The molecule has 1 aromatic heterocycles. The van der Waals surface area contributed by atoms with E-state index in [4.69, 9.17) is 5.11 Å². The molecular formula is C13H19N3O2. The number of carboxylic acid groups (broad SMARTS) is 1. The van der Waals surface area contributed by atoms with Gasteiger partial charge in [-0.3, -0.25) is 0 Å². The molecule has 0 aromatic carbocycles. The number of carbonyl (C=O) groups is 1. The minimum Gasteiger partial charge on any atom is -0.478 e. The molecule has 2 rings (SSSR count). The molecule has 0 radical (unpaired) electrons. The highest BCUT2D eigenvalue weighted by molar-refractivity contribution is 5.88. The second-order valence-corrected chi connectivity index (χ2v) is 4.70. The normalized spacial score (nSPS) is 14.5. The van der Waals surface area contributed by atoms with Crippen molar-refractivity contribution >= 4 is 11.8 Å². The molecule has 0 saturated heterocycles. The van der Waals surface area contributed by atoms with Crippen molar-refractivity contribution in [2.24, 2.45) is 0 Å². The number of rotatable bonds is 7. The molecular weight excluding hydrogens is 230 g/mol. The Balaban J connectivity index is 1.78. The van der Waals surface area contributed by atoms with E-state index in [9.17, 15) is 4.79 Å². The Morgan fingerprint density at radius 3 is 2.89 bits per heavy atom. The Morgan fingerprint density at radius 1 is 1.44 bits per heavy atom. The molecule has 1 aliphatic rings. The van der Waals surface area contributed by atoms with Crippen LogP contribution in [-0.2, 0) is 0 Å². The Bertz CT molecular complexity index is 430. The van der Waals surface area contributed by atoms with E-state index in [1.165, 1.54) is 12.8 Å². The van der Waals surface area contributed by atoms with Crippen molar-refractivity contribution < 1.29 is 9.90 Å². The van der Waals surface area contributed by atoms with E-state index in [2.05, 4.69) is 15.6 Å². The summed E-state index contributed by atoms with van der Waals surface area (Å²) in [6.45, 7) is 3.59. The van der Waals surface area contributed by atoms with Crippen LogP contribution in [-0.4, -0.2) is 35.2 Å². The molecule has 5 heteroatoms. The van der Waals surface area contributed by atoms with Gasteiger partial charge in [0.1, 0.15) is 5.82 Å². The summed E-state index contributed by atoms with van der Waals surface area (Å²) >= 11 is 0. The van der Waals surface area contributed by atoms with Gasteiger partial charge in [0.2, 0.25) is 0 Å². The molecule has 0 aliphatic heterocycles. The fraction of sp³-hybridized carbons (Fsp3) is 0.538. The highest BCUT2D eigenvalue weighted by Crippen LogP contribution is 2.18. The van der Waals surface area contributed by atoms with Crippen LogP contribution in [0.2, 0.25) is 0 Å². The molecule has 0 atom stereocenters. The molecule has 0 unspecified atom stereocenters. The lowest BCUT2D eigenvalue weighted by Gasteiger charge is -2.08. The molecule has 5 nitrogen and oxygen atoms in total. The van der Waals surface area contributed by atoms with Gasteiger partial charge >= 0.3 is 5.97 Å². The molecule has 0 amide bonds. The van der Waals surface area contributed by atoms with Crippen LogP contribution in [0.15, 0.2) is 12.1 Å². The third-order valence-corrected chi connectivity index (χ3v) is 2.87. The van der Waals surface area contributed by atoms with E-state index in [0.717, 1.165) is 25.6 Å². The molecule has 1 heterocycles. The summed E-state index contributed by atoms with van der Waals surface area (Å²) in [5, 5.41) is 15.5. The Hall–Kier alpha value is -1.62. The summed E-state index contributed by atoms with van der Waals surface area (Å²) in [7, 11) is 0. The number of aromatic nitrogens is 1. The molecule has 3 N–H and O–H groups in total. The van der Waals surface area contributed by atoms with Crippen molar-refractivity contribution in [1.82, 2.24) is 10.3 Å². The average Bonchev–Trinajstić information content (AvgIpc) is 3.12. The molecule has 1 saturated carbocycles. The fourth-order valence-corrected chi connectivity index (χ4v) is 1.78. The first-order valence-electron chi connectivity index (χ1n) is 6.34. The molecule has 0 spiro atoms. The quantitative estimate of drug-likeness (QED) is 0.641. The summed E-state index contributed by atoms with van der Waals surface area (Å²) in [6.07, 6.45) is 3.61. The van der Waals surface area contributed by atoms with E-state index in [-0.39, 0.29) is 5.56 Å². The minimum absolute atomic E-state index is 0.279. The summed E-state index contributed by atoms with van der Waals surface area (Å²) in [5.74, 6) is -0.280. The lowest BCUT2D eigenvalue weighted by atomic mass is 10.2. The Kier molecular flexibility index (Phi) is 4.15. The van der Waals surface area contributed by atoms with Gasteiger partial charge in [0.15, 0.2) is 0 Å². The standard InChI is InChI=1S/C13H19N3O2/c1-9-7-10(13(17)18)8-12(16-9)15-6-2-5-14-11-3-4-11/h7-8,11,14H,2-6H2,1H3,(H,15,16)(H,17,18). The zero-order valence-corrected chi connectivity index (χ0v) is 10.6. The predicted octanol–water partition coefficient (Wildman–Crippen LogP) is 1.64. The van der Waals surface area contributed by atoms with Crippen molar-refractivity contribution in [2.45, 2.75) is 32.2 Å². The van der Waals surface area contributed by atoms with E-state index < -0.39 is 5.97 Å². The second kappa shape index (κ2) is 5.82. The van der Waals surface area contributed by atoms with Gasteiger partial charge in [0, 0.05) is 18.3 Å². The zero-order chi connectivity index (χ0) is 13.0. The van der Waals surface area contributed by atoms with Crippen LogP contribution in [0.1, 0.15) is 35.3 Å². The molecule has 1 aliphatic carbocycles. The first-order valence-corrected chi connectivity index (χ1v) is 6.34. The number of carboxylic acids is 1. The van der Waals surface area contributed by atoms with Crippen molar-refractivity contribution in [1.29, 1.82) is 0 Å². The third kappa shape index (κ3) is 4.00. The summed E-state index contributed by atoms with van der Waals surface area (Å²) in [6, 6.07) is 3.88. The van der Waals surface area contributed by atoms with Crippen LogP contribution >= 0.6 is 0 Å². The minimum atomic E-state index is -0.918. The van der Waals surface area contributed by atoms with Gasteiger partial charge in [0.05, 0.1) is 5.56 Å². The Labute approximate surface area is 107 Å². The maximum Gasteiger partial charge on any atom is 0.335 e. The molecule has 1 aromatic rings. The molecule has 98 valence electrons. The van der Waals surface area contributed by atoms with Crippen LogP contribution in [0.5, 0.6) is 0 Å². The van der Waals surface area contributed by atoms with Gasteiger partial charge in [-0.25, -0.2) is 9.78 Å². The van der Waals surface area contributed by atoms with E-state index >= 15 is 0 Å². The monoisotopic (exact) mass is 249 g/mol. The second-order valence-electron chi connectivity index (χ2n) is 4.70. The van der Waals surface area contributed by atoms with Gasteiger partial charge in [-0.1, -0.05) is 0 Å². The number of aromatic carboxylic acids is 1. The van der Waals surface area contributed by atoms with Crippen LogP contribution < -0.4 is 10.6 Å².